The Balaban J connectivity index is 0.000000155. The third kappa shape index (κ3) is 9.54. The Morgan fingerprint density at radius 3 is 0.931 bits per heavy atom. The monoisotopic (exact) mass is 959 g/mol. The average molecular weight is 960 g/mol. The lowest BCUT2D eigenvalue weighted by atomic mass is 9.89. The first-order valence-corrected chi connectivity index (χ1v) is 26.0. The number of para-hydroxylation sites is 4. The van der Waals surface area contributed by atoms with E-state index in [-0.39, 0.29) is 0 Å². The molecule has 0 aliphatic carbocycles. The van der Waals surface area contributed by atoms with Gasteiger partial charge in [-0.15, -0.1) is 9.24 Å². The summed E-state index contributed by atoms with van der Waals surface area (Å²) in [5, 5.41) is 10.4. The van der Waals surface area contributed by atoms with Crippen molar-refractivity contribution >= 4 is 98.4 Å². The summed E-state index contributed by atoms with van der Waals surface area (Å²) in [5.74, 6) is 0. The summed E-state index contributed by atoms with van der Waals surface area (Å²) < 4.78 is 4.72. The van der Waals surface area contributed by atoms with E-state index in [2.05, 4.69) is 284 Å². The fourth-order valence-corrected chi connectivity index (χ4v) is 10.3. The Hall–Kier alpha value is -7.47. The van der Waals surface area contributed by atoms with Crippen molar-refractivity contribution in [1.82, 2.24) is 9.13 Å². The SMILES string of the molecule is C[B]P.Cc1cc(-c2ccccc2)c2ccc3c(-c4ccccc4)cc(C)cc3c2c1.[B]CP.c1ccc2c(c1)c1ccccc1n2-c1ccc(-c2ccc(-n3c4ccccc4c4ccccc43)cc2)cc1. The maximum absolute atomic E-state index is 4.81. The van der Waals surface area contributed by atoms with Gasteiger partial charge in [0.2, 0.25) is 0 Å². The minimum Gasteiger partial charge on any atom is -0.309 e. The Kier molecular flexibility index (Phi) is 14.6. The second-order valence-electron chi connectivity index (χ2n) is 18.0. The van der Waals surface area contributed by atoms with Gasteiger partial charge in [-0.05, 0) is 128 Å². The van der Waals surface area contributed by atoms with Crippen LogP contribution in [0.2, 0.25) is 6.82 Å². The number of hydrogen-bond donors (Lipinski definition) is 0. The van der Waals surface area contributed by atoms with Crippen LogP contribution in [0.15, 0.2) is 243 Å². The second kappa shape index (κ2) is 21.9. The number of nitrogens with zero attached hydrogens (tertiary/aromatic N) is 2. The molecule has 11 aromatic carbocycles. The highest BCUT2D eigenvalue weighted by atomic mass is 31.0. The molecule has 0 aliphatic rings. The van der Waals surface area contributed by atoms with E-state index >= 15 is 0 Å². The van der Waals surface area contributed by atoms with Crippen molar-refractivity contribution in [2.75, 3.05) is 6.06 Å². The predicted octanol–water partition coefficient (Wildman–Crippen LogP) is 18.0. The zero-order valence-corrected chi connectivity index (χ0v) is 43.3. The van der Waals surface area contributed by atoms with Gasteiger partial charge < -0.3 is 9.13 Å². The summed E-state index contributed by atoms with van der Waals surface area (Å²) in [4.78, 5) is 0. The van der Waals surface area contributed by atoms with Crippen LogP contribution in [-0.4, -0.2) is 30.0 Å². The molecular weight excluding hydrogens is 904 g/mol. The van der Waals surface area contributed by atoms with Crippen LogP contribution in [0.25, 0.3) is 110 Å². The van der Waals surface area contributed by atoms with E-state index in [1.54, 1.807) is 0 Å². The fraction of sp³-hybridized carbons (Fsp3) is 0.0606. The van der Waals surface area contributed by atoms with Gasteiger partial charge in [-0.3, -0.25) is 0 Å². The highest BCUT2D eigenvalue weighted by Gasteiger charge is 2.15. The van der Waals surface area contributed by atoms with Crippen molar-refractivity contribution in [3.63, 3.8) is 0 Å². The predicted molar refractivity (Wildman–Crippen MR) is 324 cm³/mol. The number of aromatic nitrogens is 2. The van der Waals surface area contributed by atoms with Gasteiger partial charge in [0.05, 0.1) is 29.9 Å². The fourth-order valence-electron chi connectivity index (χ4n) is 10.3. The molecule has 6 heteroatoms. The molecule has 345 valence electrons. The molecule has 2 aromatic heterocycles. The molecule has 3 radical (unpaired) electrons. The van der Waals surface area contributed by atoms with Crippen LogP contribution < -0.4 is 0 Å². The Morgan fingerprint density at radius 1 is 0.347 bits per heavy atom. The van der Waals surface area contributed by atoms with Gasteiger partial charge in [-0.2, -0.15) is 9.12 Å². The van der Waals surface area contributed by atoms with Gasteiger partial charge in [0.25, 0.3) is 0 Å². The first kappa shape index (κ1) is 48.2. The molecule has 2 unspecified atom stereocenters. The van der Waals surface area contributed by atoms with E-state index in [0.717, 1.165) is 0 Å². The van der Waals surface area contributed by atoms with Gasteiger partial charge in [0, 0.05) is 32.9 Å². The second-order valence-corrected chi connectivity index (χ2v) is 19.2. The number of hydrogen-bond acceptors (Lipinski definition) is 0. The zero-order valence-electron chi connectivity index (χ0n) is 41.0. The molecule has 0 spiro atoms. The van der Waals surface area contributed by atoms with Crippen molar-refractivity contribution in [2.45, 2.75) is 20.7 Å². The van der Waals surface area contributed by atoms with Crippen molar-refractivity contribution in [2.24, 2.45) is 0 Å². The summed E-state index contributed by atoms with van der Waals surface area (Å²) in [6.45, 7) is 8.27. The molecule has 0 saturated heterocycles. The van der Waals surface area contributed by atoms with Crippen LogP contribution in [0, 0.1) is 13.8 Å². The average Bonchev–Trinajstić information content (AvgIpc) is 3.95. The molecule has 0 saturated carbocycles. The molecule has 0 bridgehead atoms. The standard InChI is InChI=1S/C36H24N2.C28H22.CH5BP.CH4BP/c1-5-13-33-29(9-1)30-10-2-6-14-34(30)37(33)27-21-17-25(18-22-27)26-19-23-28(24-20-26)38-35-15-7-3-11-31(35)32-12-4-8-16-36(32)38;1-19-15-25(21-9-5-3-6-10-21)23-13-14-24-26(22-11-7-4-8-12-22)16-20(2)18-28(24)27(23)17-19;1-2-3;2-1-3/h1-24H;3-18H,1-2H3;3H2,1H3;1,3H2. The molecule has 2 heterocycles. The highest BCUT2D eigenvalue weighted by molar-refractivity contribution is 7.55. The van der Waals surface area contributed by atoms with E-state index < -0.39 is 0 Å². The van der Waals surface area contributed by atoms with Gasteiger partial charge in [0.15, 0.2) is 0 Å². The van der Waals surface area contributed by atoms with Crippen LogP contribution in [0.4, 0.5) is 0 Å². The maximum atomic E-state index is 4.81. The summed E-state index contributed by atoms with van der Waals surface area (Å²) >= 11 is 0. The molecule has 2 atom stereocenters. The molecule has 13 rings (SSSR count). The van der Waals surface area contributed by atoms with E-state index in [0.29, 0.717) is 6.06 Å². The van der Waals surface area contributed by atoms with E-state index in [4.69, 9.17) is 7.85 Å². The quantitative estimate of drug-likeness (QED) is 0.0924. The first-order valence-electron chi connectivity index (χ1n) is 24.6. The highest BCUT2D eigenvalue weighted by Crippen LogP contribution is 2.39. The normalized spacial score (nSPS) is 11.0. The lowest BCUT2D eigenvalue weighted by Crippen LogP contribution is -1.94. The lowest BCUT2D eigenvalue weighted by molar-refractivity contribution is 1.18. The minimum absolute atomic E-state index is 0.667. The first-order chi connectivity index (χ1) is 35.4. The van der Waals surface area contributed by atoms with Gasteiger partial charge >= 0.3 is 0 Å². The van der Waals surface area contributed by atoms with Crippen molar-refractivity contribution in [3.05, 3.63) is 254 Å². The summed E-state index contributed by atoms with van der Waals surface area (Å²) in [6, 6.07) is 88.4. The van der Waals surface area contributed by atoms with Crippen LogP contribution in [0.1, 0.15) is 11.1 Å². The molecule has 0 N–H and O–H groups in total. The summed E-state index contributed by atoms with van der Waals surface area (Å²) in [6.07, 6.45) is 0. The Labute approximate surface area is 430 Å². The van der Waals surface area contributed by atoms with E-state index in [9.17, 15) is 0 Å². The van der Waals surface area contributed by atoms with Crippen molar-refractivity contribution < 1.29 is 0 Å². The number of rotatable bonds is 5. The molecule has 13 aromatic rings. The van der Waals surface area contributed by atoms with Crippen LogP contribution in [0.5, 0.6) is 0 Å². The van der Waals surface area contributed by atoms with E-state index in [1.165, 1.54) is 121 Å². The maximum Gasteiger partial charge on any atom is 0.134 e. The third-order valence-electron chi connectivity index (χ3n) is 13.3. The summed E-state index contributed by atoms with van der Waals surface area (Å²) in [7, 11) is 9.62. The van der Waals surface area contributed by atoms with Gasteiger partial charge in [-0.25, -0.2) is 0 Å². The lowest BCUT2D eigenvalue weighted by Gasteiger charge is -2.15. The topological polar surface area (TPSA) is 9.86 Å². The van der Waals surface area contributed by atoms with Gasteiger partial charge in [0.1, 0.15) is 7.00 Å². The number of aryl methyl sites for hydroxylation is 2. The largest absolute Gasteiger partial charge is 0.309 e. The minimum atomic E-state index is 0.667. The summed E-state index contributed by atoms with van der Waals surface area (Å²) in [5.41, 5.74) is 17.4. The zero-order chi connectivity index (χ0) is 49.6. The smallest absolute Gasteiger partial charge is 0.134 e. The van der Waals surface area contributed by atoms with Crippen LogP contribution in [-0.2, 0) is 0 Å². The Bertz CT molecular complexity index is 3610. The van der Waals surface area contributed by atoms with Crippen molar-refractivity contribution in [1.29, 1.82) is 0 Å². The number of fused-ring (bicyclic) bond motifs is 9. The Morgan fingerprint density at radius 2 is 0.625 bits per heavy atom. The molecule has 72 heavy (non-hydrogen) atoms. The molecule has 0 aliphatic heterocycles. The van der Waals surface area contributed by atoms with Crippen LogP contribution in [0.3, 0.4) is 0 Å². The number of benzene rings is 11. The van der Waals surface area contributed by atoms with Gasteiger partial charge in [-0.1, -0.05) is 207 Å². The third-order valence-corrected chi connectivity index (χ3v) is 13.3. The van der Waals surface area contributed by atoms with Crippen molar-refractivity contribution in [3.8, 4) is 44.8 Å². The molecular formula is C66H55B2N2P2. The molecule has 0 fully saturated rings. The van der Waals surface area contributed by atoms with Crippen LogP contribution >= 0.6 is 18.4 Å². The van der Waals surface area contributed by atoms with E-state index in [1.807, 2.05) is 13.8 Å². The molecule has 2 nitrogen and oxygen atoms in total. The molecule has 0 amide bonds.